The van der Waals surface area contributed by atoms with E-state index in [1.807, 2.05) is 20.8 Å². The van der Waals surface area contributed by atoms with Crippen LogP contribution in [0.4, 0.5) is 10.5 Å². The summed E-state index contributed by atoms with van der Waals surface area (Å²) in [4.78, 5) is 50.4. The molecule has 0 radical (unpaired) electrons. The van der Waals surface area contributed by atoms with Gasteiger partial charge in [-0.2, -0.15) is 0 Å². The lowest BCUT2D eigenvalue weighted by Gasteiger charge is -2.19. The van der Waals surface area contributed by atoms with E-state index in [0.717, 1.165) is 17.7 Å². The predicted octanol–water partition coefficient (Wildman–Crippen LogP) is 2.72. The van der Waals surface area contributed by atoms with Crippen LogP contribution < -0.4 is 10.6 Å². The van der Waals surface area contributed by atoms with Crippen LogP contribution in [0.5, 0.6) is 0 Å². The SMILES string of the molecule is CC(C)(C)C(=O)Nc1ccc(C(=O)CN2C(=O)NC3(CCCC3)C2=O)cc1. The summed E-state index contributed by atoms with van der Waals surface area (Å²) in [6, 6.07) is 5.96. The number of nitrogens with one attached hydrogen (secondary N) is 2. The Morgan fingerprint density at radius 3 is 2.26 bits per heavy atom. The molecule has 1 aromatic carbocycles. The van der Waals surface area contributed by atoms with Crippen molar-refractivity contribution in [2.24, 2.45) is 5.41 Å². The number of nitrogens with zero attached hydrogens (tertiary/aromatic N) is 1. The fraction of sp³-hybridized carbons (Fsp3) is 0.500. The molecule has 1 heterocycles. The zero-order chi connectivity index (χ0) is 19.8. The molecule has 144 valence electrons. The van der Waals surface area contributed by atoms with Crippen LogP contribution >= 0.6 is 0 Å². The minimum absolute atomic E-state index is 0.122. The molecule has 1 saturated heterocycles. The molecule has 27 heavy (non-hydrogen) atoms. The Bertz CT molecular complexity index is 786. The van der Waals surface area contributed by atoms with Gasteiger partial charge in [-0.3, -0.25) is 19.3 Å². The fourth-order valence-corrected chi connectivity index (χ4v) is 3.43. The van der Waals surface area contributed by atoms with Crippen molar-refractivity contribution < 1.29 is 19.2 Å². The highest BCUT2D eigenvalue weighted by atomic mass is 16.2. The van der Waals surface area contributed by atoms with Gasteiger partial charge in [0.05, 0.1) is 6.54 Å². The van der Waals surface area contributed by atoms with E-state index in [1.54, 1.807) is 24.3 Å². The standard InChI is InChI=1S/C20H25N3O4/c1-19(2,3)16(25)21-14-8-6-13(7-9-14)15(24)12-23-17(26)20(22-18(23)27)10-4-5-11-20/h6-9H,4-5,10-12H2,1-3H3,(H,21,25)(H,22,27). The van der Waals surface area contributed by atoms with Gasteiger partial charge < -0.3 is 10.6 Å². The number of benzene rings is 1. The molecule has 1 spiro atoms. The van der Waals surface area contributed by atoms with Crippen LogP contribution in [0, 0.1) is 5.41 Å². The van der Waals surface area contributed by atoms with Crippen molar-refractivity contribution in [3.05, 3.63) is 29.8 Å². The van der Waals surface area contributed by atoms with E-state index in [-0.39, 0.29) is 24.1 Å². The quantitative estimate of drug-likeness (QED) is 0.628. The Hall–Kier alpha value is -2.70. The monoisotopic (exact) mass is 371 g/mol. The average molecular weight is 371 g/mol. The first-order chi connectivity index (χ1) is 12.6. The number of urea groups is 1. The summed E-state index contributed by atoms with van der Waals surface area (Å²) < 4.78 is 0. The summed E-state index contributed by atoms with van der Waals surface area (Å²) in [5, 5.41) is 5.56. The second-order valence-corrected chi connectivity index (χ2v) is 8.32. The molecule has 1 saturated carbocycles. The highest BCUT2D eigenvalue weighted by Crippen LogP contribution is 2.35. The molecule has 0 unspecified atom stereocenters. The molecule has 0 bridgehead atoms. The van der Waals surface area contributed by atoms with Gasteiger partial charge in [0.25, 0.3) is 5.91 Å². The third-order valence-corrected chi connectivity index (χ3v) is 5.15. The van der Waals surface area contributed by atoms with Gasteiger partial charge in [0.15, 0.2) is 5.78 Å². The van der Waals surface area contributed by atoms with Gasteiger partial charge in [0.1, 0.15) is 5.54 Å². The number of anilines is 1. The maximum absolute atomic E-state index is 12.6. The zero-order valence-corrected chi connectivity index (χ0v) is 15.9. The summed E-state index contributed by atoms with van der Waals surface area (Å²) in [6.07, 6.45) is 3.06. The summed E-state index contributed by atoms with van der Waals surface area (Å²) >= 11 is 0. The van der Waals surface area contributed by atoms with E-state index < -0.39 is 17.0 Å². The second-order valence-electron chi connectivity index (χ2n) is 8.32. The van der Waals surface area contributed by atoms with Crippen LogP contribution in [0.3, 0.4) is 0 Å². The molecule has 7 nitrogen and oxygen atoms in total. The number of rotatable bonds is 4. The summed E-state index contributed by atoms with van der Waals surface area (Å²) in [5.74, 6) is -0.738. The average Bonchev–Trinajstić information content (AvgIpc) is 3.15. The lowest BCUT2D eigenvalue weighted by atomic mass is 9.95. The maximum atomic E-state index is 12.6. The third kappa shape index (κ3) is 3.72. The molecule has 7 heteroatoms. The van der Waals surface area contributed by atoms with E-state index in [9.17, 15) is 19.2 Å². The van der Waals surface area contributed by atoms with Crippen LogP contribution in [-0.4, -0.2) is 40.6 Å². The van der Waals surface area contributed by atoms with Crippen LogP contribution in [0.15, 0.2) is 24.3 Å². The van der Waals surface area contributed by atoms with E-state index in [4.69, 9.17) is 0 Å². The Kier molecular flexibility index (Phi) is 4.80. The van der Waals surface area contributed by atoms with Gasteiger partial charge in [-0.15, -0.1) is 0 Å². The van der Waals surface area contributed by atoms with Gasteiger partial charge in [-0.05, 0) is 37.1 Å². The highest BCUT2D eigenvalue weighted by molar-refractivity contribution is 6.11. The Balaban J connectivity index is 1.65. The van der Waals surface area contributed by atoms with Crippen molar-refractivity contribution in [2.45, 2.75) is 52.0 Å². The van der Waals surface area contributed by atoms with Crippen molar-refractivity contribution in [1.82, 2.24) is 10.2 Å². The molecule has 0 atom stereocenters. The summed E-state index contributed by atoms with van der Waals surface area (Å²) in [7, 11) is 0. The molecule has 2 N–H and O–H groups in total. The normalized spacial score (nSPS) is 18.7. The van der Waals surface area contributed by atoms with Gasteiger partial charge in [-0.25, -0.2) is 4.79 Å². The van der Waals surface area contributed by atoms with Crippen LogP contribution in [0.25, 0.3) is 0 Å². The van der Waals surface area contributed by atoms with E-state index in [1.165, 1.54) is 0 Å². The molecule has 3 rings (SSSR count). The van der Waals surface area contributed by atoms with Gasteiger partial charge in [0.2, 0.25) is 5.91 Å². The number of carbonyl (C=O) groups excluding carboxylic acids is 4. The molecular weight excluding hydrogens is 346 g/mol. The number of carbonyl (C=O) groups is 4. The number of hydrogen-bond donors (Lipinski definition) is 2. The Morgan fingerprint density at radius 1 is 1.11 bits per heavy atom. The minimum Gasteiger partial charge on any atom is -0.326 e. The van der Waals surface area contributed by atoms with Gasteiger partial charge >= 0.3 is 6.03 Å². The first-order valence-electron chi connectivity index (χ1n) is 9.21. The molecule has 0 aromatic heterocycles. The smallest absolute Gasteiger partial charge is 0.325 e. The Morgan fingerprint density at radius 2 is 1.70 bits per heavy atom. The maximum Gasteiger partial charge on any atom is 0.325 e. The van der Waals surface area contributed by atoms with Crippen LogP contribution in [0.1, 0.15) is 56.8 Å². The van der Waals surface area contributed by atoms with Crippen molar-refractivity contribution in [3.63, 3.8) is 0 Å². The third-order valence-electron chi connectivity index (χ3n) is 5.15. The molecular formula is C20H25N3O4. The molecule has 2 aliphatic rings. The largest absolute Gasteiger partial charge is 0.326 e. The predicted molar refractivity (Wildman–Crippen MR) is 100 cm³/mol. The molecule has 4 amide bonds. The van der Waals surface area contributed by atoms with Crippen molar-refractivity contribution in [1.29, 1.82) is 0 Å². The van der Waals surface area contributed by atoms with E-state index in [2.05, 4.69) is 10.6 Å². The number of hydrogen-bond acceptors (Lipinski definition) is 4. The summed E-state index contributed by atoms with van der Waals surface area (Å²) in [5.41, 5.74) is -0.352. The highest BCUT2D eigenvalue weighted by Gasteiger charge is 2.52. The molecule has 1 aliphatic carbocycles. The van der Waals surface area contributed by atoms with Crippen molar-refractivity contribution in [2.75, 3.05) is 11.9 Å². The Labute approximate surface area is 158 Å². The van der Waals surface area contributed by atoms with Crippen molar-refractivity contribution in [3.8, 4) is 0 Å². The minimum atomic E-state index is -0.807. The lowest BCUT2D eigenvalue weighted by molar-refractivity contribution is -0.130. The molecule has 2 fully saturated rings. The van der Waals surface area contributed by atoms with E-state index in [0.29, 0.717) is 24.1 Å². The summed E-state index contributed by atoms with van der Waals surface area (Å²) in [6.45, 7) is 5.17. The number of Topliss-reactive ketones (excluding diaryl/α,β-unsaturated/α-hetero) is 1. The second kappa shape index (κ2) is 6.79. The van der Waals surface area contributed by atoms with Crippen LogP contribution in [-0.2, 0) is 9.59 Å². The first-order valence-corrected chi connectivity index (χ1v) is 9.21. The van der Waals surface area contributed by atoms with Crippen LogP contribution in [0.2, 0.25) is 0 Å². The van der Waals surface area contributed by atoms with Gasteiger partial charge in [0, 0.05) is 16.7 Å². The number of imide groups is 1. The topological polar surface area (TPSA) is 95.6 Å². The lowest BCUT2D eigenvalue weighted by Crippen LogP contribution is -2.44. The fourth-order valence-electron chi connectivity index (χ4n) is 3.43. The number of ketones is 1. The first kappa shape index (κ1) is 19.1. The zero-order valence-electron chi connectivity index (χ0n) is 15.9. The number of amides is 4. The van der Waals surface area contributed by atoms with Crippen molar-refractivity contribution >= 4 is 29.3 Å². The molecule has 1 aliphatic heterocycles. The van der Waals surface area contributed by atoms with E-state index >= 15 is 0 Å². The van der Waals surface area contributed by atoms with Gasteiger partial charge in [-0.1, -0.05) is 33.6 Å². The molecule has 1 aromatic rings.